The van der Waals surface area contributed by atoms with E-state index in [0.717, 1.165) is 0 Å². The molecule has 14 heavy (non-hydrogen) atoms. The van der Waals surface area contributed by atoms with Crippen LogP contribution < -0.4 is 0 Å². The van der Waals surface area contributed by atoms with Gasteiger partial charge < -0.3 is 0 Å². The van der Waals surface area contributed by atoms with Gasteiger partial charge in [-0.2, -0.15) is 0 Å². The van der Waals surface area contributed by atoms with E-state index < -0.39 is 0 Å². The zero-order valence-corrected chi connectivity index (χ0v) is 9.86. The third-order valence-electron chi connectivity index (χ3n) is 3.24. The number of hydrogen-bond acceptors (Lipinski definition) is 0. The molecule has 0 aromatic carbocycles. The Balaban J connectivity index is 1.95. The van der Waals surface area contributed by atoms with E-state index in [4.69, 9.17) is 0 Å². The number of unbranched alkanes of at least 4 members (excludes halogenated alkanes) is 5. The van der Waals surface area contributed by atoms with E-state index in [9.17, 15) is 0 Å². The predicted octanol–water partition coefficient (Wildman–Crippen LogP) is 5.24. The maximum absolute atomic E-state index is 2.53. The first-order valence-corrected chi connectivity index (χ1v) is 6.61. The molecule has 0 saturated heterocycles. The van der Waals surface area contributed by atoms with Gasteiger partial charge in [0, 0.05) is 0 Å². The van der Waals surface area contributed by atoms with Gasteiger partial charge in [-0.25, -0.2) is 0 Å². The lowest BCUT2D eigenvalue weighted by Gasteiger charge is -2.13. The molecule has 0 atom stereocenters. The smallest absolute Gasteiger partial charge is 0.0320 e. The molecular weight excluding hydrogens is 168 g/mol. The highest BCUT2D eigenvalue weighted by Crippen LogP contribution is 2.23. The van der Waals surface area contributed by atoms with Gasteiger partial charge in [-0.05, 0) is 38.5 Å². The van der Waals surface area contributed by atoms with Crippen LogP contribution in [0.15, 0.2) is 11.6 Å². The largest absolute Gasteiger partial charge is 0.0853 e. The van der Waals surface area contributed by atoms with Gasteiger partial charge in [-0.15, -0.1) is 0 Å². The Hall–Kier alpha value is -0.260. The summed E-state index contributed by atoms with van der Waals surface area (Å²) in [6, 6.07) is 0. The standard InChI is InChI=1S/C14H26/c1-2-3-4-5-6-8-11-14-12-9-7-10-13-14/h11H,2-10,12-13H2,1H3. The number of allylic oxidation sites excluding steroid dienone is 2. The second-order valence-corrected chi connectivity index (χ2v) is 4.63. The summed E-state index contributed by atoms with van der Waals surface area (Å²) in [5, 5.41) is 0. The first-order valence-electron chi connectivity index (χ1n) is 6.61. The summed E-state index contributed by atoms with van der Waals surface area (Å²) < 4.78 is 0. The predicted molar refractivity (Wildman–Crippen MR) is 64.5 cm³/mol. The fraction of sp³-hybridized carbons (Fsp3) is 0.857. The van der Waals surface area contributed by atoms with Crippen LogP contribution >= 0.6 is 0 Å². The molecule has 1 saturated carbocycles. The van der Waals surface area contributed by atoms with Crippen molar-refractivity contribution >= 4 is 0 Å². The Kier molecular flexibility index (Phi) is 6.82. The summed E-state index contributed by atoms with van der Waals surface area (Å²) in [5.41, 5.74) is 1.76. The molecule has 0 unspecified atom stereocenters. The first-order chi connectivity index (χ1) is 6.93. The van der Waals surface area contributed by atoms with Crippen molar-refractivity contribution in [1.82, 2.24) is 0 Å². The van der Waals surface area contributed by atoms with E-state index in [-0.39, 0.29) is 0 Å². The Bertz CT molecular complexity index is 147. The minimum absolute atomic E-state index is 1.35. The normalized spacial score (nSPS) is 17.1. The van der Waals surface area contributed by atoms with Crippen molar-refractivity contribution in [2.45, 2.75) is 77.6 Å². The van der Waals surface area contributed by atoms with Crippen molar-refractivity contribution in [3.63, 3.8) is 0 Å². The van der Waals surface area contributed by atoms with Gasteiger partial charge in [0.1, 0.15) is 0 Å². The van der Waals surface area contributed by atoms with Crippen molar-refractivity contribution < 1.29 is 0 Å². The minimum atomic E-state index is 1.35. The van der Waals surface area contributed by atoms with Crippen molar-refractivity contribution in [3.8, 4) is 0 Å². The molecule has 1 aliphatic rings. The Morgan fingerprint density at radius 3 is 2.36 bits per heavy atom. The van der Waals surface area contributed by atoms with Crippen LogP contribution in [0.5, 0.6) is 0 Å². The summed E-state index contributed by atoms with van der Waals surface area (Å²) in [5.74, 6) is 0. The monoisotopic (exact) mass is 194 g/mol. The Morgan fingerprint density at radius 2 is 1.64 bits per heavy atom. The summed E-state index contributed by atoms with van der Waals surface area (Å²) >= 11 is 0. The molecule has 0 bridgehead atoms. The third kappa shape index (κ3) is 5.47. The molecular formula is C14H26. The molecule has 1 aliphatic carbocycles. The van der Waals surface area contributed by atoms with Gasteiger partial charge in [-0.1, -0.05) is 50.7 Å². The van der Waals surface area contributed by atoms with Crippen molar-refractivity contribution in [3.05, 3.63) is 11.6 Å². The Labute approximate surface area is 89.8 Å². The molecule has 0 heterocycles. The van der Waals surface area contributed by atoms with E-state index in [1.807, 2.05) is 0 Å². The quantitative estimate of drug-likeness (QED) is 0.401. The van der Waals surface area contributed by atoms with Gasteiger partial charge in [0.2, 0.25) is 0 Å². The Morgan fingerprint density at radius 1 is 0.929 bits per heavy atom. The topological polar surface area (TPSA) is 0 Å². The molecule has 0 aliphatic heterocycles. The van der Waals surface area contributed by atoms with Crippen molar-refractivity contribution in [1.29, 1.82) is 0 Å². The molecule has 0 amide bonds. The molecule has 0 nitrogen and oxygen atoms in total. The van der Waals surface area contributed by atoms with E-state index in [0.29, 0.717) is 0 Å². The van der Waals surface area contributed by atoms with Crippen molar-refractivity contribution in [2.24, 2.45) is 0 Å². The SMILES string of the molecule is CCCCCCCC=C1CCCCC1. The molecule has 0 N–H and O–H groups in total. The van der Waals surface area contributed by atoms with E-state index >= 15 is 0 Å². The van der Waals surface area contributed by atoms with E-state index in [1.165, 1.54) is 70.6 Å². The fourth-order valence-corrected chi connectivity index (χ4v) is 2.26. The fourth-order valence-electron chi connectivity index (χ4n) is 2.26. The zero-order valence-electron chi connectivity index (χ0n) is 9.86. The highest BCUT2D eigenvalue weighted by Gasteiger charge is 2.03. The van der Waals surface area contributed by atoms with E-state index in [2.05, 4.69) is 13.0 Å². The van der Waals surface area contributed by atoms with E-state index in [1.54, 1.807) is 5.57 Å². The number of rotatable bonds is 6. The van der Waals surface area contributed by atoms with Gasteiger partial charge in [0.15, 0.2) is 0 Å². The van der Waals surface area contributed by atoms with Crippen LogP contribution in [0.25, 0.3) is 0 Å². The average Bonchev–Trinajstić information content (AvgIpc) is 2.25. The lowest BCUT2D eigenvalue weighted by Crippen LogP contribution is -1.93. The summed E-state index contributed by atoms with van der Waals surface area (Å²) in [6.45, 7) is 2.28. The van der Waals surface area contributed by atoms with Crippen LogP contribution in [-0.2, 0) is 0 Å². The van der Waals surface area contributed by atoms with Gasteiger partial charge >= 0.3 is 0 Å². The van der Waals surface area contributed by atoms with Crippen LogP contribution in [0.2, 0.25) is 0 Å². The van der Waals surface area contributed by atoms with Crippen LogP contribution in [0, 0.1) is 0 Å². The zero-order chi connectivity index (χ0) is 10.1. The van der Waals surface area contributed by atoms with Crippen LogP contribution in [-0.4, -0.2) is 0 Å². The molecule has 0 aromatic rings. The van der Waals surface area contributed by atoms with Gasteiger partial charge in [-0.3, -0.25) is 0 Å². The van der Waals surface area contributed by atoms with Gasteiger partial charge in [0.05, 0.1) is 0 Å². The summed E-state index contributed by atoms with van der Waals surface area (Å²) in [4.78, 5) is 0. The molecule has 0 heteroatoms. The summed E-state index contributed by atoms with van der Waals surface area (Å²) in [6.07, 6.45) is 18.1. The van der Waals surface area contributed by atoms with Crippen LogP contribution in [0.3, 0.4) is 0 Å². The number of hydrogen-bond donors (Lipinski definition) is 0. The lowest BCUT2D eigenvalue weighted by molar-refractivity contribution is 0.590. The molecule has 0 aromatic heterocycles. The lowest BCUT2D eigenvalue weighted by atomic mass is 9.94. The maximum Gasteiger partial charge on any atom is -0.0320 e. The third-order valence-corrected chi connectivity index (χ3v) is 3.24. The molecule has 1 fully saturated rings. The summed E-state index contributed by atoms with van der Waals surface area (Å²) in [7, 11) is 0. The first kappa shape index (κ1) is 11.8. The molecule has 0 spiro atoms. The molecule has 0 radical (unpaired) electrons. The second-order valence-electron chi connectivity index (χ2n) is 4.63. The van der Waals surface area contributed by atoms with Crippen LogP contribution in [0.1, 0.15) is 77.6 Å². The average molecular weight is 194 g/mol. The van der Waals surface area contributed by atoms with Gasteiger partial charge in [0.25, 0.3) is 0 Å². The van der Waals surface area contributed by atoms with Crippen LogP contribution in [0.4, 0.5) is 0 Å². The highest BCUT2D eigenvalue weighted by atomic mass is 14.1. The highest BCUT2D eigenvalue weighted by molar-refractivity contribution is 5.03. The van der Waals surface area contributed by atoms with Crippen molar-refractivity contribution in [2.75, 3.05) is 0 Å². The minimum Gasteiger partial charge on any atom is -0.0853 e. The molecule has 1 rings (SSSR count). The molecule has 82 valence electrons. The second kappa shape index (κ2) is 8.08. The maximum atomic E-state index is 2.53.